The Hall–Kier alpha value is -1.42. The van der Waals surface area contributed by atoms with Crippen LogP contribution in [0.3, 0.4) is 0 Å². The van der Waals surface area contributed by atoms with Crippen LogP contribution in [0.1, 0.15) is 53.9 Å². The van der Waals surface area contributed by atoms with Gasteiger partial charge in [0, 0.05) is 17.8 Å². The van der Waals surface area contributed by atoms with Gasteiger partial charge < -0.3 is 4.74 Å². The minimum atomic E-state index is -0.612. The summed E-state index contributed by atoms with van der Waals surface area (Å²) in [4.78, 5) is 28.3. The van der Waals surface area contributed by atoms with Crippen LogP contribution >= 0.6 is 11.8 Å². The molecule has 2 atom stereocenters. The molecule has 140 valence electrons. The fourth-order valence-corrected chi connectivity index (χ4v) is 4.05. The average Bonchev–Trinajstić information content (AvgIpc) is 3.22. The summed E-state index contributed by atoms with van der Waals surface area (Å²) in [5.74, 6) is 1.28. The molecule has 1 saturated heterocycles. The molecule has 0 unspecified atom stereocenters. The quantitative estimate of drug-likeness (QED) is 0.551. The van der Waals surface area contributed by atoms with Crippen LogP contribution in [0.25, 0.3) is 0 Å². The van der Waals surface area contributed by atoms with Gasteiger partial charge in [-0.15, -0.1) is 0 Å². The lowest BCUT2D eigenvalue weighted by Gasteiger charge is -2.29. The largest absolute Gasteiger partial charge is 0.444 e. The summed E-state index contributed by atoms with van der Waals surface area (Å²) in [6.07, 6.45) is 3.86. The third-order valence-corrected chi connectivity index (χ3v) is 5.77. The van der Waals surface area contributed by atoms with E-state index in [0.29, 0.717) is 18.9 Å². The molecule has 0 bridgehead atoms. The topological polar surface area (TPSA) is 73.6 Å². The van der Waals surface area contributed by atoms with Crippen LogP contribution in [-0.4, -0.2) is 57.0 Å². The molecule has 0 radical (unpaired) electrons. The lowest BCUT2D eigenvalue weighted by Crippen LogP contribution is -2.48. The summed E-state index contributed by atoms with van der Waals surface area (Å²) in [6, 6.07) is -0.583. The Kier molecular flexibility index (Phi) is 6.26. The van der Waals surface area contributed by atoms with Crippen LogP contribution in [0, 0.1) is 17.4 Å². The molecule has 7 heteroatoms. The number of carbonyl (C=O) groups is 2. The molecule has 0 N–H and O–H groups in total. The van der Waals surface area contributed by atoms with Crippen molar-refractivity contribution in [2.45, 2.75) is 76.8 Å². The Labute approximate surface area is 154 Å². The van der Waals surface area contributed by atoms with E-state index >= 15 is 0 Å². The van der Waals surface area contributed by atoms with Crippen LogP contribution in [0.2, 0.25) is 0 Å². The van der Waals surface area contributed by atoms with Crippen molar-refractivity contribution in [2.75, 3.05) is 12.3 Å². The second kappa shape index (κ2) is 7.86. The Bertz CT molecular complexity index is 549. The molecule has 2 fully saturated rings. The van der Waals surface area contributed by atoms with Crippen LogP contribution in [0.5, 0.6) is 0 Å². The smallest absolute Gasteiger partial charge is 0.411 e. The molecule has 1 saturated carbocycles. The van der Waals surface area contributed by atoms with Crippen molar-refractivity contribution in [1.82, 2.24) is 9.80 Å². The number of nitrogens with zero attached hydrogens (tertiary/aromatic N) is 3. The minimum Gasteiger partial charge on any atom is -0.444 e. The maximum Gasteiger partial charge on any atom is 0.411 e. The summed E-state index contributed by atoms with van der Waals surface area (Å²) in [7, 11) is 0. The number of hydrogen-bond acceptors (Lipinski definition) is 5. The first kappa shape index (κ1) is 19.9. The van der Waals surface area contributed by atoms with Gasteiger partial charge in [-0.1, -0.05) is 13.8 Å². The highest BCUT2D eigenvalue weighted by Crippen LogP contribution is 2.34. The SMILES string of the molecule is CC(C)CS[C@@H]1C[C@@H](C(=O)N(C#N)C2CC2)N(C(=O)OC(C)(C)C)C1. The summed E-state index contributed by atoms with van der Waals surface area (Å²) in [6.45, 7) is 10.2. The fraction of sp³-hybridized carbons (Fsp3) is 0.833. The molecular formula is C18H29N3O3S. The number of carbonyl (C=O) groups excluding carboxylic acids is 2. The van der Waals surface area contributed by atoms with Crippen LogP contribution in [0.4, 0.5) is 4.79 Å². The van der Waals surface area contributed by atoms with E-state index in [-0.39, 0.29) is 17.2 Å². The second-order valence-electron chi connectivity index (χ2n) is 8.27. The van der Waals surface area contributed by atoms with Crippen molar-refractivity contribution in [3.8, 4) is 6.19 Å². The lowest BCUT2D eigenvalue weighted by molar-refractivity contribution is -0.133. The predicted molar refractivity (Wildman–Crippen MR) is 97.9 cm³/mol. The van der Waals surface area contributed by atoms with Gasteiger partial charge >= 0.3 is 6.09 Å². The van der Waals surface area contributed by atoms with Gasteiger partial charge in [0.25, 0.3) is 5.91 Å². The zero-order chi connectivity index (χ0) is 18.8. The van der Waals surface area contributed by atoms with Crippen molar-refractivity contribution in [3.05, 3.63) is 0 Å². The first-order chi connectivity index (χ1) is 11.6. The number of rotatable bonds is 5. The Balaban J connectivity index is 2.12. The standard InChI is InChI=1S/C18H29N3O3S/c1-12(2)10-25-14-8-15(16(22)21(11-19)13-6-7-13)20(9-14)17(23)24-18(3,4)5/h12-15H,6-10H2,1-5H3/t14-,15+/m1/s1. The predicted octanol–water partition coefficient (Wildman–Crippen LogP) is 3.23. The highest BCUT2D eigenvalue weighted by Gasteiger charge is 2.46. The fourth-order valence-electron chi connectivity index (χ4n) is 2.81. The normalized spacial score (nSPS) is 23.5. The van der Waals surface area contributed by atoms with Gasteiger partial charge in [-0.25, -0.2) is 9.69 Å². The molecule has 0 spiro atoms. The van der Waals surface area contributed by atoms with Crippen LogP contribution in [0.15, 0.2) is 0 Å². The molecule has 25 heavy (non-hydrogen) atoms. The first-order valence-electron chi connectivity index (χ1n) is 8.96. The van der Waals surface area contributed by atoms with E-state index < -0.39 is 17.7 Å². The third-order valence-electron chi connectivity index (χ3n) is 4.10. The molecule has 2 aliphatic rings. The molecule has 6 nitrogen and oxygen atoms in total. The number of hydrogen-bond donors (Lipinski definition) is 0. The maximum atomic E-state index is 12.9. The summed E-state index contributed by atoms with van der Waals surface area (Å²) < 4.78 is 5.49. The van der Waals surface area contributed by atoms with E-state index in [0.717, 1.165) is 18.6 Å². The van der Waals surface area contributed by atoms with Crippen LogP contribution in [-0.2, 0) is 9.53 Å². The van der Waals surface area contributed by atoms with E-state index in [4.69, 9.17) is 4.74 Å². The Morgan fingerprint density at radius 2 is 2.00 bits per heavy atom. The molecule has 1 aliphatic carbocycles. The van der Waals surface area contributed by atoms with Crippen molar-refractivity contribution < 1.29 is 14.3 Å². The Morgan fingerprint density at radius 3 is 2.48 bits per heavy atom. The van der Waals surface area contributed by atoms with Gasteiger partial charge in [0.05, 0.1) is 0 Å². The highest BCUT2D eigenvalue weighted by molar-refractivity contribution is 7.99. The van der Waals surface area contributed by atoms with E-state index in [9.17, 15) is 14.9 Å². The zero-order valence-corrected chi connectivity index (χ0v) is 16.6. The summed E-state index contributed by atoms with van der Waals surface area (Å²) in [5, 5.41) is 9.53. The van der Waals surface area contributed by atoms with Crippen molar-refractivity contribution in [1.29, 1.82) is 5.26 Å². The molecular weight excluding hydrogens is 338 g/mol. The maximum absolute atomic E-state index is 12.9. The molecule has 1 heterocycles. The van der Waals surface area contributed by atoms with Crippen LogP contribution < -0.4 is 0 Å². The number of ether oxygens (including phenoxy) is 1. The number of thioether (sulfide) groups is 1. The number of nitriles is 1. The highest BCUT2D eigenvalue weighted by atomic mass is 32.2. The van der Waals surface area contributed by atoms with Crippen molar-refractivity contribution >= 4 is 23.8 Å². The third kappa shape index (κ3) is 5.53. The molecule has 0 aromatic carbocycles. The molecule has 2 rings (SSSR count). The van der Waals surface area contributed by atoms with Gasteiger partial charge in [-0.05, 0) is 51.7 Å². The van der Waals surface area contributed by atoms with Crippen molar-refractivity contribution in [3.63, 3.8) is 0 Å². The molecule has 0 aromatic heterocycles. The summed E-state index contributed by atoms with van der Waals surface area (Å²) >= 11 is 1.79. The monoisotopic (exact) mass is 367 g/mol. The first-order valence-corrected chi connectivity index (χ1v) is 10.0. The van der Waals surface area contributed by atoms with Gasteiger partial charge in [-0.3, -0.25) is 9.69 Å². The van der Waals surface area contributed by atoms with Gasteiger partial charge in [0.15, 0.2) is 6.19 Å². The van der Waals surface area contributed by atoms with Gasteiger partial charge in [0.1, 0.15) is 11.6 Å². The van der Waals surface area contributed by atoms with Crippen molar-refractivity contribution in [2.24, 2.45) is 5.92 Å². The Morgan fingerprint density at radius 1 is 1.36 bits per heavy atom. The lowest BCUT2D eigenvalue weighted by atomic mass is 10.2. The number of amides is 2. The van der Waals surface area contributed by atoms with E-state index in [2.05, 4.69) is 13.8 Å². The molecule has 0 aromatic rings. The number of likely N-dealkylation sites (tertiary alicyclic amines) is 1. The van der Waals surface area contributed by atoms with Gasteiger partial charge in [-0.2, -0.15) is 17.0 Å². The average molecular weight is 368 g/mol. The second-order valence-corrected chi connectivity index (χ2v) is 9.61. The minimum absolute atomic E-state index is 0.0142. The van der Waals surface area contributed by atoms with Gasteiger partial charge in [0.2, 0.25) is 0 Å². The summed E-state index contributed by atoms with van der Waals surface area (Å²) in [5.41, 5.74) is -0.612. The molecule has 2 amide bonds. The zero-order valence-electron chi connectivity index (χ0n) is 15.8. The van der Waals surface area contributed by atoms with E-state index in [1.165, 1.54) is 9.80 Å². The van der Waals surface area contributed by atoms with E-state index in [1.54, 1.807) is 11.8 Å². The van der Waals surface area contributed by atoms with E-state index in [1.807, 2.05) is 27.0 Å². The molecule has 1 aliphatic heterocycles.